The summed E-state index contributed by atoms with van der Waals surface area (Å²) in [6.07, 6.45) is 0. The van der Waals surface area contributed by atoms with Crippen molar-refractivity contribution in [1.29, 1.82) is 0 Å². The molecule has 4 rings (SSSR count). The number of aromatic nitrogens is 1. The summed E-state index contributed by atoms with van der Waals surface area (Å²) in [4.78, 5) is 17.1. The van der Waals surface area contributed by atoms with Crippen LogP contribution in [-0.4, -0.2) is 53.6 Å². The van der Waals surface area contributed by atoms with Gasteiger partial charge in [-0.25, -0.2) is 0 Å². The average Bonchev–Trinajstić information content (AvgIpc) is 3.25. The Morgan fingerprint density at radius 3 is 2.07 bits per heavy atom. The summed E-state index contributed by atoms with van der Waals surface area (Å²) >= 11 is 0. The van der Waals surface area contributed by atoms with Crippen LogP contribution >= 0.6 is 0 Å². The van der Waals surface area contributed by atoms with Gasteiger partial charge in [0, 0.05) is 32.2 Å². The Hall–Kier alpha value is -2.92. The molecule has 1 saturated heterocycles. The Bertz CT molecular complexity index is 860. The first-order valence-corrected chi connectivity index (χ1v) is 9.84. The molecule has 1 aromatic heterocycles. The van der Waals surface area contributed by atoms with Gasteiger partial charge in [0.2, 0.25) is 5.76 Å². The van der Waals surface area contributed by atoms with Crippen molar-refractivity contribution in [1.82, 2.24) is 15.0 Å². The first-order chi connectivity index (χ1) is 13.8. The number of carbonyl (C=O) groups excluding carboxylic acids is 1. The fourth-order valence-corrected chi connectivity index (χ4v) is 3.77. The molecule has 3 aromatic rings. The van der Waals surface area contributed by atoms with Crippen LogP contribution in [-0.2, 0) is 0 Å². The van der Waals surface area contributed by atoms with Crippen molar-refractivity contribution < 1.29 is 9.32 Å². The van der Waals surface area contributed by atoms with E-state index < -0.39 is 0 Å². The van der Waals surface area contributed by atoms with E-state index >= 15 is 0 Å². The molecule has 0 bridgehead atoms. The molecule has 2 aromatic carbocycles. The third-order valence-corrected chi connectivity index (χ3v) is 5.41. The maximum Gasteiger partial charge on any atom is 0.292 e. The molecular weight excluding hydrogens is 350 g/mol. The smallest absolute Gasteiger partial charge is 0.292 e. The number of amides is 1. The summed E-state index contributed by atoms with van der Waals surface area (Å²) in [7, 11) is 0. The van der Waals surface area contributed by atoms with E-state index in [-0.39, 0.29) is 11.8 Å². The predicted molar refractivity (Wildman–Crippen MR) is 108 cm³/mol. The Kier molecular flexibility index (Phi) is 5.53. The van der Waals surface area contributed by atoms with Gasteiger partial charge in [-0.2, -0.15) is 0 Å². The van der Waals surface area contributed by atoms with E-state index in [1.54, 1.807) is 6.07 Å². The van der Waals surface area contributed by atoms with Gasteiger partial charge in [0.05, 0.1) is 11.6 Å². The third-order valence-electron chi connectivity index (χ3n) is 5.41. The zero-order chi connectivity index (χ0) is 19.3. The number of benzene rings is 2. The summed E-state index contributed by atoms with van der Waals surface area (Å²) in [5.74, 6) is 0.177. The first kappa shape index (κ1) is 18.4. The zero-order valence-corrected chi connectivity index (χ0v) is 16.1. The van der Waals surface area contributed by atoms with E-state index in [4.69, 9.17) is 4.52 Å². The fraction of sp³-hybridized carbons (Fsp3) is 0.304. The minimum atomic E-state index is -0.0747. The molecule has 1 aliphatic heterocycles. The molecule has 1 amide bonds. The molecule has 0 spiro atoms. The van der Waals surface area contributed by atoms with E-state index in [1.165, 1.54) is 0 Å². The van der Waals surface area contributed by atoms with Gasteiger partial charge >= 0.3 is 0 Å². The summed E-state index contributed by atoms with van der Waals surface area (Å²) in [6, 6.07) is 22.2. The molecule has 0 radical (unpaired) electrons. The van der Waals surface area contributed by atoms with Crippen molar-refractivity contribution in [3.8, 4) is 0 Å². The second-order valence-corrected chi connectivity index (χ2v) is 7.10. The maximum atomic E-state index is 12.9. The van der Waals surface area contributed by atoms with Gasteiger partial charge in [0.25, 0.3) is 5.91 Å². The Balaban J connectivity index is 1.60. The third kappa shape index (κ3) is 3.85. The van der Waals surface area contributed by atoms with Crippen molar-refractivity contribution in [2.24, 2.45) is 0 Å². The van der Waals surface area contributed by atoms with Crippen molar-refractivity contribution in [2.75, 3.05) is 32.7 Å². The Morgan fingerprint density at radius 1 is 0.964 bits per heavy atom. The van der Waals surface area contributed by atoms with Crippen LogP contribution in [0.15, 0.2) is 71.3 Å². The van der Waals surface area contributed by atoms with Gasteiger partial charge in [0.15, 0.2) is 0 Å². The second-order valence-electron chi connectivity index (χ2n) is 7.10. The van der Waals surface area contributed by atoms with Crippen LogP contribution in [0.3, 0.4) is 0 Å². The molecule has 0 saturated carbocycles. The number of piperazine rings is 1. The van der Waals surface area contributed by atoms with Gasteiger partial charge in [-0.3, -0.25) is 4.79 Å². The highest BCUT2D eigenvalue weighted by Gasteiger charge is 2.27. The van der Waals surface area contributed by atoms with Crippen molar-refractivity contribution in [3.63, 3.8) is 0 Å². The number of hydrogen-bond acceptors (Lipinski definition) is 4. The zero-order valence-electron chi connectivity index (χ0n) is 16.1. The largest absolute Gasteiger partial charge is 0.351 e. The standard InChI is InChI=1S/C23H25N3O2/c1-2-25-13-15-26(16-14-25)23(27)21-17-20(24-28-21)22(18-9-5-3-6-10-18)19-11-7-4-8-12-19/h3-12,17,22H,2,13-16H2,1H3. The predicted octanol–water partition coefficient (Wildman–Crippen LogP) is 3.63. The van der Waals surface area contributed by atoms with Crippen molar-refractivity contribution >= 4 is 5.91 Å². The van der Waals surface area contributed by atoms with Gasteiger partial charge in [-0.15, -0.1) is 0 Å². The Labute approximate surface area is 165 Å². The number of likely N-dealkylation sites (N-methyl/N-ethyl adjacent to an activating group) is 1. The minimum Gasteiger partial charge on any atom is -0.351 e. The number of hydrogen-bond donors (Lipinski definition) is 0. The lowest BCUT2D eigenvalue weighted by Gasteiger charge is -2.33. The second kappa shape index (κ2) is 8.40. The summed E-state index contributed by atoms with van der Waals surface area (Å²) < 4.78 is 5.50. The van der Waals surface area contributed by atoms with E-state index in [1.807, 2.05) is 41.3 Å². The summed E-state index contributed by atoms with van der Waals surface area (Å²) in [5, 5.41) is 4.28. The van der Waals surface area contributed by atoms with Crippen molar-refractivity contribution in [2.45, 2.75) is 12.8 Å². The lowest BCUT2D eigenvalue weighted by molar-refractivity contribution is 0.0603. The monoisotopic (exact) mass is 375 g/mol. The fourth-order valence-electron chi connectivity index (χ4n) is 3.77. The quantitative estimate of drug-likeness (QED) is 0.683. The normalized spacial score (nSPS) is 15.1. The molecule has 0 atom stereocenters. The molecule has 5 heteroatoms. The van der Waals surface area contributed by atoms with E-state index in [2.05, 4.69) is 41.2 Å². The van der Waals surface area contributed by atoms with Crippen LogP contribution < -0.4 is 0 Å². The molecule has 0 unspecified atom stereocenters. The average molecular weight is 375 g/mol. The number of rotatable bonds is 5. The molecule has 144 valence electrons. The molecule has 0 aliphatic carbocycles. The number of nitrogens with zero attached hydrogens (tertiary/aromatic N) is 3. The molecule has 1 aliphatic rings. The van der Waals surface area contributed by atoms with Crippen LogP contribution in [0.1, 0.15) is 40.2 Å². The highest BCUT2D eigenvalue weighted by molar-refractivity contribution is 5.91. The summed E-state index contributed by atoms with van der Waals surface area (Å²) in [6.45, 7) is 6.42. The molecule has 1 fully saturated rings. The van der Waals surface area contributed by atoms with Gasteiger partial charge in [-0.05, 0) is 17.7 Å². The van der Waals surface area contributed by atoms with Crippen molar-refractivity contribution in [3.05, 3.63) is 89.3 Å². The SMILES string of the molecule is CCN1CCN(C(=O)c2cc(C(c3ccccc3)c3ccccc3)no2)CC1. The number of carbonyl (C=O) groups is 1. The molecule has 5 nitrogen and oxygen atoms in total. The lowest BCUT2D eigenvalue weighted by atomic mass is 9.88. The van der Waals surface area contributed by atoms with E-state index in [9.17, 15) is 4.79 Å². The lowest BCUT2D eigenvalue weighted by Crippen LogP contribution is -2.48. The van der Waals surface area contributed by atoms with Crippen LogP contribution in [0.25, 0.3) is 0 Å². The van der Waals surface area contributed by atoms with Crippen LogP contribution in [0.2, 0.25) is 0 Å². The van der Waals surface area contributed by atoms with Crippen LogP contribution in [0, 0.1) is 0 Å². The van der Waals surface area contributed by atoms with Gasteiger partial charge in [0.1, 0.15) is 0 Å². The maximum absolute atomic E-state index is 12.9. The molecule has 28 heavy (non-hydrogen) atoms. The molecule has 0 N–H and O–H groups in total. The molecule has 2 heterocycles. The summed E-state index contributed by atoms with van der Waals surface area (Å²) in [5.41, 5.74) is 3.00. The highest BCUT2D eigenvalue weighted by Crippen LogP contribution is 2.31. The van der Waals surface area contributed by atoms with E-state index in [0.29, 0.717) is 5.76 Å². The first-order valence-electron chi connectivity index (χ1n) is 9.84. The highest BCUT2D eigenvalue weighted by atomic mass is 16.5. The Morgan fingerprint density at radius 2 is 1.54 bits per heavy atom. The van der Waals surface area contributed by atoms with Crippen LogP contribution in [0.4, 0.5) is 0 Å². The van der Waals surface area contributed by atoms with E-state index in [0.717, 1.165) is 49.5 Å². The van der Waals surface area contributed by atoms with Gasteiger partial charge in [-0.1, -0.05) is 72.7 Å². The molecular formula is C23H25N3O2. The van der Waals surface area contributed by atoms with Crippen LogP contribution in [0.5, 0.6) is 0 Å². The minimum absolute atomic E-state index is 0.0651. The topological polar surface area (TPSA) is 49.6 Å². The van der Waals surface area contributed by atoms with Gasteiger partial charge < -0.3 is 14.3 Å².